The second-order valence-corrected chi connectivity index (χ2v) is 2.49. The molecule has 1 fully saturated rings. The zero-order chi connectivity index (χ0) is 5.28. The molecule has 0 aromatic rings. The van der Waals surface area contributed by atoms with Crippen molar-refractivity contribution in [1.82, 2.24) is 0 Å². The monoisotopic (exact) mass is 100 g/mol. The van der Waals surface area contributed by atoms with Crippen LogP contribution in [0.3, 0.4) is 0 Å². The Bertz CT molecular complexity index is 53.2. The molecule has 1 rings (SSSR count). The third-order valence-electron chi connectivity index (χ3n) is 1.73. The molecule has 0 aromatic carbocycles. The Morgan fingerprint density at radius 2 is 1.57 bits per heavy atom. The van der Waals surface area contributed by atoms with E-state index in [-0.39, 0.29) is 0 Å². The lowest BCUT2D eigenvalue weighted by Crippen LogP contribution is -2.01. The van der Waals surface area contributed by atoms with Crippen LogP contribution in [-0.2, 0) is 4.74 Å². The van der Waals surface area contributed by atoms with E-state index < -0.39 is 0 Å². The van der Waals surface area contributed by atoms with Crippen LogP contribution in [0.2, 0.25) is 0 Å². The van der Waals surface area contributed by atoms with Gasteiger partial charge in [0.05, 0.1) is 0 Å². The summed E-state index contributed by atoms with van der Waals surface area (Å²) in [5.41, 5.74) is 0. The molecule has 0 N–H and O–H groups in total. The largest absolute Gasteiger partial charge is 0.381 e. The smallest absolute Gasteiger partial charge is 0.0495 e. The molecule has 1 aliphatic rings. The fraction of sp³-hybridized carbons (Fsp3) is 1.00. The van der Waals surface area contributed by atoms with Gasteiger partial charge in [-0.2, -0.15) is 0 Å². The normalized spacial score (nSPS) is 42.0. The minimum atomic E-state index is 0.792. The Morgan fingerprint density at radius 1 is 1.14 bits per heavy atom. The highest BCUT2D eigenvalue weighted by Gasteiger charge is 2.18. The second kappa shape index (κ2) is 1.83. The Morgan fingerprint density at radius 3 is 1.71 bits per heavy atom. The van der Waals surface area contributed by atoms with E-state index >= 15 is 0 Å². The first-order chi connectivity index (χ1) is 3.30. The summed E-state index contributed by atoms with van der Waals surface area (Å²) >= 11 is 0. The average Bonchev–Trinajstić information content (AvgIpc) is 1.91. The van der Waals surface area contributed by atoms with Crippen LogP contribution in [0.25, 0.3) is 0 Å². The summed E-state index contributed by atoms with van der Waals surface area (Å²) in [5.74, 6) is 1.58. The highest BCUT2D eigenvalue weighted by Crippen LogP contribution is 2.17. The first-order valence-corrected chi connectivity index (χ1v) is 2.88. The summed E-state index contributed by atoms with van der Waals surface area (Å²) in [5, 5.41) is 0. The minimum Gasteiger partial charge on any atom is -0.381 e. The first-order valence-electron chi connectivity index (χ1n) is 2.88. The highest BCUT2D eigenvalue weighted by atomic mass is 16.5. The van der Waals surface area contributed by atoms with Gasteiger partial charge in [0.1, 0.15) is 0 Å². The van der Waals surface area contributed by atoms with E-state index in [1.807, 2.05) is 0 Å². The van der Waals surface area contributed by atoms with Crippen molar-refractivity contribution < 1.29 is 4.74 Å². The van der Waals surface area contributed by atoms with Crippen LogP contribution in [0.5, 0.6) is 0 Å². The molecular formula is C6H12O. The standard InChI is InChI=1S/C6H12O/c1-5-3-7-4-6(5)2/h5-6H,3-4H2,1-2H3/t5-,6-/m0/s1. The van der Waals surface area contributed by atoms with Gasteiger partial charge in [-0.15, -0.1) is 0 Å². The van der Waals surface area contributed by atoms with Crippen LogP contribution in [0.1, 0.15) is 13.8 Å². The fourth-order valence-electron chi connectivity index (χ4n) is 0.768. The van der Waals surface area contributed by atoms with Crippen molar-refractivity contribution in [2.75, 3.05) is 13.2 Å². The number of ether oxygens (including phenoxy) is 1. The molecule has 0 bridgehead atoms. The van der Waals surface area contributed by atoms with Crippen molar-refractivity contribution >= 4 is 0 Å². The molecule has 0 spiro atoms. The van der Waals surface area contributed by atoms with Crippen LogP contribution < -0.4 is 0 Å². The number of rotatable bonds is 0. The Labute approximate surface area is 44.7 Å². The zero-order valence-electron chi connectivity index (χ0n) is 4.98. The van der Waals surface area contributed by atoms with E-state index in [9.17, 15) is 0 Å². The summed E-state index contributed by atoms with van der Waals surface area (Å²) in [6, 6.07) is 0. The van der Waals surface area contributed by atoms with Gasteiger partial charge in [0.15, 0.2) is 0 Å². The van der Waals surface area contributed by atoms with Crippen molar-refractivity contribution in [3.63, 3.8) is 0 Å². The molecule has 1 nitrogen and oxygen atoms in total. The van der Waals surface area contributed by atoms with Gasteiger partial charge >= 0.3 is 0 Å². The summed E-state index contributed by atoms with van der Waals surface area (Å²) in [6.07, 6.45) is 0. The minimum absolute atomic E-state index is 0.792. The van der Waals surface area contributed by atoms with Gasteiger partial charge < -0.3 is 4.74 Å². The van der Waals surface area contributed by atoms with Crippen molar-refractivity contribution in [2.24, 2.45) is 11.8 Å². The van der Waals surface area contributed by atoms with Gasteiger partial charge in [0.2, 0.25) is 0 Å². The Balaban J connectivity index is 2.33. The topological polar surface area (TPSA) is 9.23 Å². The van der Waals surface area contributed by atoms with Gasteiger partial charge in [-0.25, -0.2) is 0 Å². The third-order valence-corrected chi connectivity index (χ3v) is 1.73. The van der Waals surface area contributed by atoms with E-state index in [4.69, 9.17) is 4.74 Å². The first kappa shape index (κ1) is 5.10. The van der Waals surface area contributed by atoms with Gasteiger partial charge in [0.25, 0.3) is 0 Å². The lowest BCUT2D eigenvalue weighted by atomic mass is 10.0. The van der Waals surface area contributed by atoms with Gasteiger partial charge in [-0.3, -0.25) is 0 Å². The molecule has 0 radical (unpaired) electrons. The summed E-state index contributed by atoms with van der Waals surface area (Å²) < 4.78 is 5.17. The molecule has 0 aromatic heterocycles. The molecule has 0 aliphatic carbocycles. The molecule has 0 amide bonds. The van der Waals surface area contributed by atoms with E-state index in [1.54, 1.807) is 0 Å². The van der Waals surface area contributed by atoms with E-state index in [0.29, 0.717) is 0 Å². The fourth-order valence-corrected chi connectivity index (χ4v) is 0.768. The predicted molar refractivity (Wildman–Crippen MR) is 29.1 cm³/mol. The summed E-state index contributed by atoms with van der Waals surface area (Å²) in [4.78, 5) is 0. The number of hydrogen-bond acceptors (Lipinski definition) is 1. The van der Waals surface area contributed by atoms with Crippen molar-refractivity contribution in [3.05, 3.63) is 0 Å². The summed E-state index contributed by atoms with van der Waals surface area (Å²) in [7, 11) is 0. The molecule has 1 saturated heterocycles. The predicted octanol–water partition coefficient (Wildman–Crippen LogP) is 1.29. The molecule has 1 aliphatic heterocycles. The SMILES string of the molecule is C[C@H]1COC[C@@H]1C. The lowest BCUT2D eigenvalue weighted by molar-refractivity contribution is 0.183. The molecule has 7 heavy (non-hydrogen) atoms. The van der Waals surface area contributed by atoms with E-state index in [1.165, 1.54) is 0 Å². The Hall–Kier alpha value is -0.0400. The zero-order valence-corrected chi connectivity index (χ0v) is 4.98. The molecular weight excluding hydrogens is 88.1 g/mol. The van der Waals surface area contributed by atoms with Crippen LogP contribution >= 0.6 is 0 Å². The average molecular weight is 100 g/mol. The van der Waals surface area contributed by atoms with Crippen LogP contribution in [-0.4, -0.2) is 13.2 Å². The highest BCUT2D eigenvalue weighted by molar-refractivity contribution is 4.65. The van der Waals surface area contributed by atoms with E-state index in [2.05, 4.69) is 13.8 Å². The molecule has 0 saturated carbocycles. The second-order valence-electron chi connectivity index (χ2n) is 2.49. The lowest BCUT2D eigenvalue weighted by Gasteiger charge is -2.01. The van der Waals surface area contributed by atoms with Crippen molar-refractivity contribution in [2.45, 2.75) is 13.8 Å². The molecule has 0 unspecified atom stereocenters. The van der Waals surface area contributed by atoms with Gasteiger partial charge in [-0.05, 0) is 11.8 Å². The van der Waals surface area contributed by atoms with Gasteiger partial charge in [-0.1, -0.05) is 13.8 Å². The quantitative estimate of drug-likeness (QED) is 0.445. The maximum absolute atomic E-state index is 5.17. The molecule has 1 heterocycles. The number of hydrogen-bond donors (Lipinski definition) is 0. The summed E-state index contributed by atoms with van der Waals surface area (Å²) in [6.45, 7) is 6.41. The Kier molecular flexibility index (Phi) is 1.33. The van der Waals surface area contributed by atoms with Gasteiger partial charge in [0, 0.05) is 13.2 Å². The van der Waals surface area contributed by atoms with Crippen LogP contribution in [0, 0.1) is 11.8 Å². The third kappa shape index (κ3) is 0.942. The molecule has 42 valence electrons. The van der Waals surface area contributed by atoms with Crippen LogP contribution in [0.4, 0.5) is 0 Å². The van der Waals surface area contributed by atoms with E-state index in [0.717, 1.165) is 25.0 Å². The molecule has 1 heteroatoms. The maximum atomic E-state index is 5.17. The van der Waals surface area contributed by atoms with Crippen molar-refractivity contribution in [3.8, 4) is 0 Å². The van der Waals surface area contributed by atoms with Crippen LogP contribution in [0.15, 0.2) is 0 Å². The van der Waals surface area contributed by atoms with Crippen molar-refractivity contribution in [1.29, 1.82) is 0 Å². The maximum Gasteiger partial charge on any atom is 0.0495 e. The molecule has 2 atom stereocenters.